The van der Waals surface area contributed by atoms with Crippen LogP contribution in [0.3, 0.4) is 0 Å². The van der Waals surface area contributed by atoms with Crippen molar-refractivity contribution >= 4 is 11.0 Å². The number of aromatic amines is 1. The van der Waals surface area contributed by atoms with Gasteiger partial charge in [0.15, 0.2) is 0 Å². The third-order valence-electron chi connectivity index (χ3n) is 2.95. The minimum Gasteiger partial charge on any atom is -1.00 e. The topological polar surface area (TPSA) is 49.0 Å². The fraction of sp³-hybridized carbons (Fsp3) is 0.0714. The summed E-state index contributed by atoms with van der Waals surface area (Å²) < 4.78 is 14.4. The lowest BCUT2D eigenvalue weighted by Gasteiger charge is -2.06. The van der Waals surface area contributed by atoms with Gasteiger partial charge >= 0.3 is 5.65 Å². The fourth-order valence-electron chi connectivity index (χ4n) is 2.07. The first-order valence-corrected chi connectivity index (χ1v) is 5.83. The van der Waals surface area contributed by atoms with Crippen LogP contribution in [0.15, 0.2) is 47.4 Å². The molecule has 0 bridgehead atoms. The Balaban J connectivity index is 0.00000147. The lowest BCUT2D eigenvalue weighted by atomic mass is 10.2. The number of nitrogens with one attached hydrogen (secondary N) is 1. The minimum absolute atomic E-state index is 0. The van der Waals surface area contributed by atoms with Gasteiger partial charge < -0.3 is 12.4 Å². The number of aromatic nitrogens is 3. The fourth-order valence-corrected chi connectivity index (χ4v) is 2.07. The molecule has 0 unspecified atom stereocenters. The van der Waals surface area contributed by atoms with Crippen LogP contribution in [0, 0.1) is 12.7 Å². The standard InChI is InChI=1S/C14H10FN3O.ClH/c1-9-17-13-12(3-2-8-16-13)14(19)18(9)11-6-4-10(15)5-7-11;/h2-8H,1H3;1H. The maximum atomic E-state index is 12.9. The van der Waals surface area contributed by atoms with Crippen molar-refractivity contribution in [3.63, 3.8) is 0 Å². The Morgan fingerprint density at radius 3 is 2.60 bits per heavy atom. The van der Waals surface area contributed by atoms with Crippen molar-refractivity contribution in [1.82, 2.24) is 9.55 Å². The number of fused-ring (bicyclic) bond motifs is 1. The zero-order valence-corrected chi connectivity index (χ0v) is 11.4. The minimum atomic E-state index is -0.337. The van der Waals surface area contributed by atoms with E-state index >= 15 is 0 Å². The van der Waals surface area contributed by atoms with E-state index in [1.807, 2.05) is 0 Å². The zero-order valence-electron chi connectivity index (χ0n) is 10.6. The first-order valence-electron chi connectivity index (χ1n) is 5.83. The summed E-state index contributed by atoms with van der Waals surface area (Å²) >= 11 is 0. The van der Waals surface area contributed by atoms with Crippen molar-refractivity contribution in [2.45, 2.75) is 6.92 Å². The maximum absolute atomic E-state index is 12.9. The number of hydrogen-bond donors (Lipinski definition) is 0. The Morgan fingerprint density at radius 1 is 1.20 bits per heavy atom. The molecule has 6 heteroatoms. The third-order valence-corrected chi connectivity index (χ3v) is 2.95. The molecule has 20 heavy (non-hydrogen) atoms. The average molecular weight is 292 g/mol. The second-order valence-electron chi connectivity index (χ2n) is 4.21. The van der Waals surface area contributed by atoms with Crippen molar-refractivity contribution in [2.75, 3.05) is 0 Å². The van der Waals surface area contributed by atoms with E-state index in [1.54, 1.807) is 37.4 Å². The van der Waals surface area contributed by atoms with Crippen molar-refractivity contribution in [2.24, 2.45) is 0 Å². The predicted molar refractivity (Wildman–Crippen MR) is 68.6 cm³/mol. The van der Waals surface area contributed by atoms with Crippen LogP contribution in [0.2, 0.25) is 0 Å². The van der Waals surface area contributed by atoms with Crippen molar-refractivity contribution < 1.29 is 21.8 Å². The van der Waals surface area contributed by atoms with Gasteiger partial charge in [-0.1, -0.05) is 0 Å². The molecule has 102 valence electrons. The molecule has 0 aliphatic rings. The van der Waals surface area contributed by atoms with Crippen LogP contribution in [0.5, 0.6) is 0 Å². The number of H-pyrrole nitrogens is 1. The van der Waals surface area contributed by atoms with E-state index in [0.29, 0.717) is 22.5 Å². The van der Waals surface area contributed by atoms with Gasteiger partial charge in [-0.3, -0.25) is 4.79 Å². The summed E-state index contributed by atoms with van der Waals surface area (Å²) in [6.07, 6.45) is 1.72. The van der Waals surface area contributed by atoms with E-state index in [4.69, 9.17) is 0 Å². The van der Waals surface area contributed by atoms with Crippen LogP contribution in [0.1, 0.15) is 5.82 Å². The number of benzene rings is 1. The number of hydrogen-bond acceptors (Lipinski definition) is 2. The Labute approximate surface area is 120 Å². The van der Waals surface area contributed by atoms with Gasteiger partial charge in [0.25, 0.3) is 5.56 Å². The van der Waals surface area contributed by atoms with Gasteiger partial charge in [0.2, 0.25) is 5.82 Å². The first kappa shape index (κ1) is 14.1. The summed E-state index contributed by atoms with van der Waals surface area (Å²) in [5.41, 5.74) is 0.969. The van der Waals surface area contributed by atoms with E-state index in [-0.39, 0.29) is 23.8 Å². The number of aryl methyl sites for hydroxylation is 1. The summed E-state index contributed by atoms with van der Waals surface area (Å²) in [5, 5.41) is 0.498. The molecule has 1 aromatic carbocycles. The highest BCUT2D eigenvalue weighted by Crippen LogP contribution is 2.10. The molecule has 0 atom stereocenters. The number of rotatable bonds is 1. The zero-order chi connectivity index (χ0) is 13.4. The smallest absolute Gasteiger partial charge is 0.335 e. The molecule has 0 saturated heterocycles. The second-order valence-corrected chi connectivity index (χ2v) is 4.21. The van der Waals surface area contributed by atoms with Crippen molar-refractivity contribution in [3.8, 4) is 5.69 Å². The van der Waals surface area contributed by atoms with E-state index in [2.05, 4.69) is 9.97 Å². The highest BCUT2D eigenvalue weighted by atomic mass is 35.5. The largest absolute Gasteiger partial charge is 1.00 e. The monoisotopic (exact) mass is 291 g/mol. The summed E-state index contributed by atoms with van der Waals surface area (Å²) in [7, 11) is 0. The van der Waals surface area contributed by atoms with Crippen LogP contribution in [0.25, 0.3) is 16.7 Å². The van der Waals surface area contributed by atoms with Crippen LogP contribution in [0.4, 0.5) is 4.39 Å². The van der Waals surface area contributed by atoms with Gasteiger partial charge in [-0.2, -0.15) is 0 Å². The Hall–Kier alpha value is -2.27. The summed E-state index contributed by atoms with van der Waals surface area (Å²) in [4.78, 5) is 19.7. The van der Waals surface area contributed by atoms with Crippen LogP contribution in [-0.4, -0.2) is 9.55 Å². The molecule has 0 aliphatic heterocycles. The Morgan fingerprint density at radius 2 is 1.90 bits per heavy atom. The third kappa shape index (κ3) is 2.28. The molecule has 2 aromatic heterocycles. The molecular formula is C14H11ClFN3O. The lowest BCUT2D eigenvalue weighted by molar-refractivity contribution is -0.347. The van der Waals surface area contributed by atoms with Crippen LogP contribution in [-0.2, 0) is 0 Å². The van der Waals surface area contributed by atoms with Crippen molar-refractivity contribution in [3.05, 3.63) is 64.6 Å². The van der Waals surface area contributed by atoms with Crippen LogP contribution >= 0.6 is 0 Å². The SMILES string of the molecule is Cc1nc2[nH+]cccc2c(=O)n1-c1ccc(F)cc1.[Cl-]. The number of pyridine rings is 1. The molecule has 3 aromatic rings. The summed E-state index contributed by atoms with van der Waals surface area (Å²) in [6, 6.07) is 9.22. The molecule has 4 nitrogen and oxygen atoms in total. The summed E-state index contributed by atoms with van der Waals surface area (Å²) in [5.74, 6) is 0.211. The van der Waals surface area contributed by atoms with Gasteiger partial charge in [0.1, 0.15) is 11.2 Å². The molecule has 0 saturated carbocycles. The Bertz CT molecular complexity index is 815. The van der Waals surface area contributed by atoms with Crippen molar-refractivity contribution in [1.29, 1.82) is 0 Å². The molecule has 3 rings (SSSR count). The van der Waals surface area contributed by atoms with Gasteiger partial charge in [0, 0.05) is 6.92 Å². The second kappa shape index (κ2) is 5.38. The number of nitrogens with zero attached hydrogens (tertiary/aromatic N) is 2. The first-order chi connectivity index (χ1) is 9.16. The van der Waals surface area contributed by atoms with Gasteiger partial charge in [-0.15, -0.1) is 0 Å². The molecule has 0 aliphatic carbocycles. The molecule has 0 spiro atoms. The molecule has 1 N–H and O–H groups in total. The Kier molecular flexibility index (Phi) is 3.81. The van der Waals surface area contributed by atoms with E-state index in [1.165, 1.54) is 16.7 Å². The maximum Gasteiger partial charge on any atom is 0.335 e. The van der Waals surface area contributed by atoms with E-state index in [9.17, 15) is 9.18 Å². The molecular weight excluding hydrogens is 281 g/mol. The molecule has 2 heterocycles. The number of halogens is 2. The van der Waals surface area contributed by atoms with Gasteiger partial charge in [0.05, 0.1) is 11.9 Å². The van der Waals surface area contributed by atoms with Crippen LogP contribution < -0.4 is 23.0 Å². The molecule has 0 fully saturated rings. The summed E-state index contributed by atoms with van der Waals surface area (Å²) in [6.45, 7) is 1.74. The molecule has 0 radical (unpaired) electrons. The highest BCUT2D eigenvalue weighted by Gasteiger charge is 2.15. The lowest BCUT2D eigenvalue weighted by Crippen LogP contribution is -3.00. The quantitative estimate of drug-likeness (QED) is 0.557. The van der Waals surface area contributed by atoms with E-state index < -0.39 is 0 Å². The van der Waals surface area contributed by atoms with E-state index in [0.717, 1.165) is 0 Å². The predicted octanol–water partition coefficient (Wildman–Crippen LogP) is -1.35. The van der Waals surface area contributed by atoms with Gasteiger partial charge in [-0.25, -0.2) is 13.9 Å². The highest BCUT2D eigenvalue weighted by molar-refractivity contribution is 5.70. The average Bonchev–Trinajstić information content (AvgIpc) is 2.41. The van der Waals surface area contributed by atoms with Gasteiger partial charge in [-0.05, 0) is 41.4 Å². The molecule has 0 amide bonds. The normalized spacial score (nSPS) is 10.3.